The summed E-state index contributed by atoms with van der Waals surface area (Å²) in [5.41, 5.74) is 1.11. The van der Waals surface area contributed by atoms with E-state index in [0.717, 1.165) is 0 Å². The molecular weight excluding hydrogens is 370 g/mol. The van der Waals surface area contributed by atoms with Crippen molar-refractivity contribution in [3.63, 3.8) is 0 Å². The molecule has 1 fully saturated rings. The molecule has 0 spiro atoms. The van der Waals surface area contributed by atoms with Crippen molar-refractivity contribution in [2.75, 3.05) is 36.5 Å². The number of nitrogens with zero attached hydrogens (tertiary/aromatic N) is 3. The SMILES string of the molecule is CC(=O)Nc1ccc(S(=O)(=O)NCc2ccnc(N3CCOCC3)n2)cc1. The highest BCUT2D eigenvalue weighted by Gasteiger charge is 2.16. The third-order valence-electron chi connectivity index (χ3n) is 3.92. The Morgan fingerprint density at radius 1 is 1.19 bits per heavy atom. The van der Waals surface area contributed by atoms with E-state index in [1.54, 1.807) is 12.3 Å². The summed E-state index contributed by atoms with van der Waals surface area (Å²) in [6, 6.07) is 7.63. The summed E-state index contributed by atoms with van der Waals surface area (Å²) in [5, 5.41) is 2.59. The molecule has 0 bridgehead atoms. The van der Waals surface area contributed by atoms with Gasteiger partial charge in [-0.15, -0.1) is 0 Å². The first-order valence-electron chi connectivity index (χ1n) is 8.46. The van der Waals surface area contributed by atoms with E-state index in [4.69, 9.17) is 4.74 Å². The molecule has 1 aromatic carbocycles. The van der Waals surface area contributed by atoms with Crippen LogP contribution in [-0.2, 0) is 26.1 Å². The van der Waals surface area contributed by atoms with E-state index in [2.05, 4.69) is 20.0 Å². The minimum atomic E-state index is -3.70. The minimum absolute atomic E-state index is 0.0512. The van der Waals surface area contributed by atoms with Gasteiger partial charge in [-0.25, -0.2) is 23.1 Å². The lowest BCUT2D eigenvalue weighted by molar-refractivity contribution is -0.114. The highest BCUT2D eigenvalue weighted by molar-refractivity contribution is 7.89. The largest absolute Gasteiger partial charge is 0.378 e. The molecule has 9 nitrogen and oxygen atoms in total. The third-order valence-corrected chi connectivity index (χ3v) is 5.34. The summed E-state index contributed by atoms with van der Waals surface area (Å²) >= 11 is 0. The number of hydrogen-bond acceptors (Lipinski definition) is 7. The van der Waals surface area contributed by atoms with Crippen molar-refractivity contribution in [1.29, 1.82) is 0 Å². The van der Waals surface area contributed by atoms with E-state index in [1.165, 1.54) is 31.2 Å². The van der Waals surface area contributed by atoms with Gasteiger partial charge in [-0.3, -0.25) is 4.79 Å². The van der Waals surface area contributed by atoms with Gasteiger partial charge in [-0.2, -0.15) is 0 Å². The zero-order valence-electron chi connectivity index (χ0n) is 14.9. The fourth-order valence-electron chi connectivity index (χ4n) is 2.57. The number of aromatic nitrogens is 2. The summed E-state index contributed by atoms with van der Waals surface area (Å²) in [4.78, 5) is 21.8. The van der Waals surface area contributed by atoms with Gasteiger partial charge in [-0.1, -0.05) is 0 Å². The van der Waals surface area contributed by atoms with Crippen LogP contribution in [0.2, 0.25) is 0 Å². The van der Waals surface area contributed by atoms with E-state index >= 15 is 0 Å². The van der Waals surface area contributed by atoms with E-state index in [9.17, 15) is 13.2 Å². The van der Waals surface area contributed by atoms with Gasteiger partial charge in [0.25, 0.3) is 0 Å². The Hall–Kier alpha value is -2.56. The van der Waals surface area contributed by atoms with Crippen LogP contribution in [0.15, 0.2) is 41.4 Å². The van der Waals surface area contributed by atoms with Gasteiger partial charge >= 0.3 is 0 Å². The van der Waals surface area contributed by atoms with Gasteiger partial charge in [-0.05, 0) is 30.3 Å². The van der Waals surface area contributed by atoms with Crippen LogP contribution in [0.3, 0.4) is 0 Å². The standard InChI is InChI=1S/C17H21N5O4S/c1-13(23)20-14-2-4-16(5-3-14)27(24,25)19-12-15-6-7-18-17(21-15)22-8-10-26-11-9-22/h2-7,19H,8-12H2,1H3,(H,20,23). The molecule has 0 radical (unpaired) electrons. The van der Waals surface area contributed by atoms with E-state index < -0.39 is 10.0 Å². The zero-order valence-corrected chi connectivity index (χ0v) is 15.7. The molecule has 0 saturated carbocycles. The molecule has 10 heteroatoms. The number of carbonyl (C=O) groups excluding carboxylic acids is 1. The van der Waals surface area contributed by atoms with E-state index in [-0.39, 0.29) is 17.3 Å². The predicted octanol–water partition coefficient (Wildman–Crippen LogP) is 0.750. The van der Waals surface area contributed by atoms with Crippen molar-refractivity contribution in [3.8, 4) is 0 Å². The monoisotopic (exact) mass is 391 g/mol. The van der Waals surface area contributed by atoms with Crippen LogP contribution in [0.1, 0.15) is 12.6 Å². The minimum Gasteiger partial charge on any atom is -0.378 e. The molecular formula is C17H21N5O4S. The third kappa shape index (κ3) is 5.22. The van der Waals surface area contributed by atoms with Crippen LogP contribution >= 0.6 is 0 Å². The fraction of sp³-hybridized carbons (Fsp3) is 0.353. The van der Waals surface area contributed by atoms with Crippen LogP contribution in [0, 0.1) is 0 Å². The molecule has 144 valence electrons. The number of nitrogens with one attached hydrogen (secondary N) is 2. The first-order valence-corrected chi connectivity index (χ1v) is 9.94. The second kappa shape index (κ2) is 8.42. The molecule has 1 aliphatic heterocycles. The van der Waals surface area contributed by atoms with Crippen molar-refractivity contribution in [2.24, 2.45) is 0 Å². The maximum atomic E-state index is 12.5. The summed E-state index contributed by atoms with van der Waals surface area (Å²) in [5.74, 6) is 0.346. The number of benzene rings is 1. The lowest BCUT2D eigenvalue weighted by Gasteiger charge is -2.26. The Kier molecular flexibility index (Phi) is 5.99. The molecule has 0 unspecified atom stereocenters. The molecule has 1 aliphatic rings. The van der Waals surface area contributed by atoms with Gasteiger partial charge < -0.3 is 15.0 Å². The van der Waals surface area contributed by atoms with Gasteiger partial charge in [0.1, 0.15) is 0 Å². The fourth-order valence-corrected chi connectivity index (χ4v) is 3.57. The zero-order chi connectivity index (χ0) is 19.3. The maximum absolute atomic E-state index is 12.5. The van der Waals surface area contributed by atoms with Gasteiger partial charge in [0.15, 0.2) is 0 Å². The summed E-state index contributed by atoms with van der Waals surface area (Å²) in [7, 11) is -3.70. The number of hydrogen-bond donors (Lipinski definition) is 2. The number of rotatable bonds is 6. The average molecular weight is 391 g/mol. The lowest BCUT2D eigenvalue weighted by atomic mass is 10.3. The lowest BCUT2D eigenvalue weighted by Crippen LogP contribution is -2.37. The number of anilines is 2. The molecule has 27 heavy (non-hydrogen) atoms. The smallest absolute Gasteiger partial charge is 0.240 e. The Morgan fingerprint density at radius 3 is 2.56 bits per heavy atom. The highest BCUT2D eigenvalue weighted by atomic mass is 32.2. The second-order valence-electron chi connectivity index (χ2n) is 5.98. The van der Waals surface area contributed by atoms with E-state index in [0.29, 0.717) is 43.6 Å². The summed E-state index contributed by atoms with van der Waals surface area (Å²) in [6.45, 7) is 4.09. The number of carbonyl (C=O) groups is 1. The Morgan fingerprint density at radius 2 is 1.89 bits per heavy atom. The second-order valence-corrected chi connectivity index (χ2v) is 7.74. The highest BCUT2D eigenvalue weighted by Crippen LogP contribution is 2.15. The number of amides is 1. The molecule has 1 saturated heterocycles. The van der Waals surface area contributed by atoms with Crippen LogP contribution in [0.4, 0.5) is 11.6 Å². The van der Waals surface area contributed by atoms with Crippen LogP contribution < -0.4 is 14.9 Å². The van der Waals surface area contributed by atoms with Gasteiger partial charge in [0, 0.05) is 31.9 Å². The average Bonchev–Trinajstić information content (AvgIpc) is 2.67. The molecule has 3 rings (SSSR count). The first kappa shape index (κ1) is 19.2. The summed E-state index contributed by atoms with van der Waals surface area (Å²) < 4.78 is 32.8. The van der Waals surface area contributed by atoms with Crippen LogP contribution in [-0.4, -0.2) is 50.6 Å². The normalized spacial score (nSPS) is 14.8. The van der Waals surface area contributed by atoms with E-state index in [1.807, 2.05) is 4.90 Å². The Bertz CT molecular complexity index is 896. The predicted molar refractivity (Wildman–Crippen MR) is 99.8 cm³/mol. The van der Waals surface area contributed by atoms with Gasteiger partial charge in [0.05, 0.1) is 30.3 Å². The van der Waals surface area contributed by atoms with Crippen molar-refractivity contribution in [2.45, 2.75) is 18.4 Å². The van der Waals surface area contributed by atoms with Crippen molar-refractivity contribution in [3.05, 3.63) is 42.2 Å². The van der Waals surface area contributed by atoms with Crippen LogP contribution in [0.25, 0.3) is 0 Å². The number of sulfonamides is 1. The molecule has 0 atom stereocenters. The molecule has 1 amide bonds. The Labute approximate surface area is 157 Å². The molecule has 2 aromatic rings. The Balaban J connectivity index is 1.65. The van der Waals surface area contributed by atoms with Crippen molar-refractivity contribution in [1.82, 2.24) is 14.7 Å². The number of morpholine rings is 1. The first-order chi connectivity index (χ1) is 12.9. The molecule has 1 aromatic heterocycles. The molecule has 0 aliphatic carbocycles. The maximum Gasteiger partial charge on any atom is 0.240 e. The van der Waals surface area contributed by atoms with Crippen LogP contribution in [0.5, 0.6) is 0 Å². The quantitative estimate of drug-likeness (QED) is 0.747. The molecule has 2 heterocycles. The number of ether oxygens (including phenoxy) is 1. The van der Waals surface area contributed by atoms with Gasteiger partial charge in [0.2, 0.25) is 21.9 Å². The summed E-state index contributed by atoms with van der Waals surface area (Å²) in [6.07, 6.45) is 1.61. The topological polar surface area (TPSA) is 114 Å². The van der Waals surface area contributed by atoms with Crippen molar-refractivity contribution >= 4 is 27.6 Å². The van der Waals surface area contributed by atoms with Crippen molar-refractivity contribution < 1.29 is 17.9 Å². The molecule has 2 N–H and O–H groups in total.